The van der Waals surface area contributed by atoms with Crippen molar-refractivity contribution in [3.8, 4) is 62.3 Å². The van der Waals surface area contributed by atoms with Gasteiger partial charge < -0.3 is 23.0 Å². The SMILES string of the molecule is CC(C)(C)c1ccnc(-n2c3[c-]c4ccc3c3cc(ccc32)-n2c3ccccc3c3cccc(c32)-c2ccc3c(c2)c2ccccc2n3-c2cccc(c2)-c2ccccc2-[n+]2[c-]n(c3ccccc32)-c2[c-]c(ccc2)O4)c1.[Pt]. The maximum atomic E-state index is 6.80. The molecule has 374 valence electrons. The summed E-state index contributed by atoms with van der Waals surface area (Å²) in [5.41, 5.74) is 18.0. The number of imidazole rings is 1. The predicted molar refractivity (Wildman–Crippen MR) is 312 cm³/mol. The third-order valence-electron chi connectivity index (χ3n) is 15.7. The number of ether oxygens (including phenoxy) is 1. The summed E-state index contributed by atoms with van der Waals surface area (Å²) in [7, 11) is 0. The standard InChI is InChI=1S/C70H46N6O.Pt/c1-70(2,3)46-35-36-71-68(39-46)76-64-34-30-49-41-59(64)56-32-31-51(42-67(56)76)77-50-18-13-16-47(40-50)72-43-73(66-28-11-10-27-65(66)72)60-24-7-4-19-52(60)44-15-12-17-48(37-44)74-61-25-8-6-21-55(61)58-38-45(29-33-63(58)74)53-22-14-23-57-54-20-5-9-26-62(54)75(49)69(53)57;/h4-39,41H,1-3H3;/q-2;. The zero-order chi connectivity index (χ0) is 51.1. The Labute approximate surface area is 464 Å². The number of pyridine rings is 1. The average Bonchev–Trinajstić information content (AvgIpc) is 4.25. The van der Waals surface area contributed by atoms with E-state index in [0.29, 0.717) is 11.5 Å². The largest absolute Gasteiger partial charge is 0.510 e. The van der Waals surface area contributed by atoms with Crippen molar-refractivity contribution in [3.05, 3.63) is 249 Å². The zero-order valence-electron chi connectivity index (χ0n) is 42.8. The molecule has 0 saturated heterocycles. The van der Waals surface area contributed by atoms with E-state index in [-0.39, 0.29) is 26.5 Å². The van der Waals surface area contributed by atoms with Gasteiger partial charge in [0.2, 0.25) is 0 Å². The van der Waals surface area contributed by atoms with E-state index in [9.17, 15) is 0 Å². The molecule has 0 fully saturated rings. The molecule has 9 heterocycles. The van der Waals surface area contributed by atoms with E-state index >= 15 is 0 Å². The molecule has 0 unspecified atom stereocenters. The van der Waals surface area contributed by atoms with E-state index in [0.717, 1.165) is 106 Å². The van der Waals surface area contributed by atoms with Crippen molar-refractivity contribution in [2.45, 2.75) is 26.2 Å². The van der Waals surface area contributed by atoms with Crippen LogP contribution in [0, 0.1) is 18.5 Å². The van der Waals surface area contributed by atoms with E-state index in [1.165, 1.54) is 27.1 Å². The van der Waals surface area contributed by atoms with Gasteiger partial charge in [0.25, 0.3) is 6.33 Å². The molecule has 15 bridgehead atoms. The van der Waals surface area contributed by atoms with Gasteiger partial charge in [0.15, 0.2) is 0 Å². The Morgan fingerprint density at radius 2 is 1.12 bits per heavy atom. The van der Waals surface area contributed by atoms with Crippen molar-refractivity contribution < 1.29 is 30.4 Å². The summed E-state index contributed by atoms with van der Waals surface area (Å²) >= 11 is 0. The Kier molecular flexibility index (Phi) is 10.3. The predicted octanol–water partition coefficient (Wildman–Crippen LogP) is 16.7. The third-order valence-corrected chi connectivity index (χ3v) is 15.7. The molecule has 0 N–H and O–H groups in total. The molecule has 15 aromatic rings. The van der Waals surface area contributed by atoms with Crippen molar-refractivity contribution in [3.63, 3.8) is 0 Å². The molecule has 5 aromatic heterocycles. The van der Waals surface area contributed by atoms with Gasteiger partial charge in [-0.1, -0.05) is 142 Å². The van der Waals surface area contributed by atoms with Crippen LogP contribution in [0.15, 0.2) is 225 Å². The molecule has 10 aromatic carbocycles. The molecule has 7 nitrogen and oxygen atoms in total. The first-order valence-corrected chi connectivity index (χ1v) is 26.2. The number of benzene rings is 10. The molecule has 0 atom stereocenters. The minimum atomic E-state index is -0.0928. The number of nitrogens with zero attached hydrogens (tertiary/aromatic N) is 6. The van der Waals surface area contributed by atoms with E-state index in [1.54, 1.807) is 0 Å². The molecule has 0 saturated carbocycles. The molecule has 78 heavy (non-hydrogen) atoms. The van der Waals surface area contributed by atoms with Crippen molar-refractivity contribution in [2.24, 2.45) is 0 Å². The summed E-state index contributed by atoms with van der Waals surface area (Å²) in [4.78, 5) is 5.05. The maximum Gasteiger partial charge on any atom is 0.268 e. The van der Waals surface area contributed by atoms with Crippen LogP contribution in [0.1, 0.15) is 26.3 Å². The maximum absolute atomic E-state index is 6.80. The molecular weight excluding hydrogens is 1140 g/mol. The minimum absolute atomic E-state index is 0. The number of aromatic nitrogens is 6. The van der Waals surface area contributed by atoms with Crippen LogP contribution in [0.5, 0.6) is 11.5 Å². The van der Waals surface area contributed by atoms with Crippen molar-refractivity contribution >= 4 is 76.5 Å². The molecule has 0 radical (unpaired) electrons. The summed E-state index contributed by atoms with van der Waals surface area (Å²) < 4.78 is 18.2. The number of rotatable bonds is 1. The van der Waals surface area contributed by atoms with E-state index in [4.69, 9.17) is 9.72 Å². The molecular formula is C70H46N6OPt-2. The number of fused-ring (bicyclic) bond motifs is 4. The molecule has 4 aliphatic heterocycles. The van der Waals surface area contributed by atoms with Gasteiger partial charge in [-0.25, -0.2) is 4.98 Å². The first-order chi connectivity index (χ1) is 37.8. The molecule has 19 rings (SSSR count). The normalized spacial score (nSPS) is 12.3. The van der Waals surface area contributed by atoms with E-state index in [1.807, 2.05) is 24.4 Å². The van der Waals surface area contributed by atoms with Crippen LogP contribution in [0.4, 0.5) is 0 Å². The molecule has 0 spiro atoms. The zero-order valence-corrected chi connectivity index (χ0v) is 45.0. The van der Waals surface area contributed by atoms with Crippen LogP contribution in [-0.2, 0) is 26.5 Å². The van der Waals surface area contributed by atoms with Crippen molar-refractivity contribution in [1.82, 2.24) is 23.3 Å². The van der Waals surface area contributed by atoms with Gasteiger partial charge in [0.1, 0.15) is 5.82 Å². The van der Waals surface area contributed by atoms with Crippen molar-refractivity contribution in [1.29, 1.82) is 0 Å². The number of hydrogen-bond acceptors (Lipinski definition) is 2. The Balaban J connectivity index is 0.00000529. The average molecular weight is 1180 g/mol. The van der Waals surface area contributed by atoms with Crippen LogP contribution < -0.4 is 9.30 Å². The quantitative estimate of drug-likeness (QED) is 0.121. The molecule has 8 heteroatoms. The molecule has 0 amide bonds. The minimum Gasteiger partial charge on any atom is -0.510 e. The van der Waals surface area contributed by atoms with Gasteiger partial charge in [-0.3, -0.25) is 4.57 Å². The monoisotopic (exact) mass is 1180 g/mol. The van der Waals surface area contributed by atoms with E-state index in [2.05, 4.69) is 262 Å². The fraction of sp³-hybridized carbons (Fsp3) is 0.0571. The first-order valence-electron chi connectivity index (χ1n) is 26.2. The van der Waals surface area contributed by atoms with Gasteiger partial charge >= 0.3 is 0 Å². The number of hydrogen-bond donors (Lipinski definition) is 0. The smallest absolute Gasteiger partial charge is 0.268 e. The summed E-state index contributed by atoms with van der Waals surface area (Å²) in [5, 5.41) is 6.91. The fourth-order valence-corrected chi connectivity index (χ4v) is 12.2. The van der Waals surface area contributed by atoms with Crippen LogP contribution in [0.3, 0.4) is 0 Å². The summed E-state index contributed by atoms with van der Waals surface area (Å²) in [6.45, 7) is 6.72. The second-order valence-corrected chi connectivity index (χ2v) is 21.2. The van der Waals surface area contributed by atoms with Crippen LogP contribution in [-0.4, -0.2) is 23.3 Å². The Morgan fingerprint density at radius 3 is 1.99 bits per heavy atom. The van der Waals surface area contributed by atoms with Gasteiger partial charge in [0, 0.05) is 82.8 Å². The summed E-state index contributed by atoms with van der Waals surface area (Å²) in [5.74, 6) is 1.95. The first kappa shape index (κ1) is 46.0. The summed E-state index contributed by atoms with van der Waals surface area (Å²) in [6, 6.07) is 86.1. The second kappa shape index (κ2) is 17.4. The Bertz CT molecular complexity index is 4970. The Morgan fingerprint density at radius 1 is 0.462 bits per heavy atom. The van der Waals surface area contributed by atoms with Crippen LogP contribution in [0.2, 0.25) is 0 Å². The topological polar surface area (TPSA) is 45.7 Å². The van der Waals surface area contributed by atoms with Gasteiger partial charge in [-0.2, -0.15) is 18.2 Å². The molecule has 0 aliphatic carbocycles. The van der Waals surface area contributed by atoms with E-state index < -0.39 is 0 Å². The van der Waals surface area contributed by atoms with Crippen molar-refractivity contribution in [2.75, 3.05) is 0 Å². The van der Waals surface area contributed by atoms with Crippen LogP contribution >= 0.6 is 0 Å². The third kappa shape index (κ3) is 6.94. The fourth-order valence-electron chi connectivity index (χ4n) is 12.2. The second-order valence-electron chi connectivity index (χ2n) is 21.2. The van der Waals surface area contributed by atoms with Gasteiger partial charge in [-0.05, 0) is 112 Å². The molecule has 4 aliphatic rings. The van der Waals surface area contributed by atoms with Gasteiger partial charge in [-0.15, -0.1) is 29.7 Å². The van der Waals surface area contributed by atoms with Crippen LogP contribution in [0.25, 0.3) is 127 Å². The Hall–Kier alpha value is -9.29. The number of para-hydroxylation sites is 6. The summed E-state index contributed by atoms with van der Waals surface area (Å²) in [6.07, 6.45) is 5.68. The van der Waals surface area contributed by atoms with Gasteiger partial charge in [0.05, 0.1) is 38.8 Å².